The molecule has 1 fully saturated rings. The lowest BCUT2D eigenvalue weighted by Gasteiger charge is -2.37. The fraction of sp³-hybridized carbons (Fsp3) is 0.526. The maximum absolute atomic E-state index is 12.8. The monoisotopic (exact) mass is 384 g/mol. The minimum Gasteiger partial charge on any atom is -0.478 e. The third-order valence-corrected chi connectivity index (χ3v) is 5.94. The van der Waals surface area contributed by atoms with Gasteiger partial charge in [0.2, 0.25) is 5.95 Å². The second-order valence-corrected chi connectivity index (χ2v) is 8.43. The average molecular weight is 384 g/mol. The number of hydrogen-bond donors (Lipinski definition) is 2. The van der Waals surface area contributed by atoms with Crippen molar-refractivity contribution in [1.29, 1.82) is 0 Å². The molecule has 9 heteroatoms. The number of aromatic amines is 1. The van der Waals surface area contributed by atoms with Gasteiger partial charge in [0.05, 0.1) is 24.0 Å². The molecule has 3 heterocycles. The van der Waals surface area contributed by atoms with Crippen molar-refractivity contribution in [1.82, 2.24) is 29.5 Å². The first-order valence-electron chi connectivity index (χ1n) is 9.51. The first kappa shape index (κ1) is 18.4. The number of rotatable bonds is 4. The van der Waals surface area contributed by atoms with Crippen molar-refractivity contribution >= 4 is 17.0 Å². The highest BCUT2D eigenvalue weighted by molar-refractivity contribution is 5.87. The molecule has 1 aliphatic carbocycles. The number of nitrogens with zero attached hydrogens (tertiary/aromatic N) is 5. The first-order valence-corrected chi connectivity index (χ1v) is 9.51. The van der Waals surface area contributed by atoms with Gasteiger partial charge >= 0.3 is 5.97 Å². The number of hydrogen-bond acceptors (Lipinski definition) is 5. The number of fused-ring (bicyclic) bond motifs is 1. The van der Waals surface area contributed by atoms with Gasteiger partial charge in [0.25, 0.3) is 5.56 Å². The van der Waals surface area contributed by atoms with Crippen molar-refractivity contribution in [2.24, 2.45) is 11.3 Å². The van der Waals surface area contributed by atoms with Gasteiger partial charge in [-0.05, 0) is 43.9 Å². The molecule has 1 saturated carbocycles. The zero-order valence-corrected chi connectivity index (χ0v) is 16.2. The summed E-state index contributed by atoms with van der Waals surface area (Å²) in [7, 11) is 0. The normalized spacial score (nSPS) is 18.4. The highest BCUT2D eigenvalue weighted by Crippen LogP contribution is 2.42. The van der Waals surface area contributed by atoms with Crippen molar-refractivity contribution in [2.75, 3.05) is 0 Å². The van der Waals surface area contributed by atoms with Gasteiger partial charge in [0, 0.05) is 6.20 Å². The molecule has 0 bridgehead atoms. The van der Waals surface area contributed by atoms with Crippen LogP contribution in [0.1, 0.15) is 62.9 Å². The van der Waals surface area contributed by atoms with Crippen LogP contribution < -0.4 is 5.56 Å². The molecule has 0 spiro atoms. The number of aromatic carboxylic acids is 1. The quantitative estimate of drug-likeness (QED) is 0.714. The first-order chi connectivity index (χ1) is 13.2. The zero-order chi connectivity index (χ0) is 20.1. The van der Waals surface area contributed by atoms with Gasteiger partial charge in [-0.15, -0.1) is 0 Å². The van der Waals surface area contributed by atoms with Crippen molar-refractivity contribution < 1.29 is 9.90 Å². The van der Waals surface area contributed by atoms with E-state index in [1.54, 1.807) is 10.9 Å². The number of carboxylic acids is 1. The van der Waals surface area contributed by atoms with Crippen LogP contribution in [0.2, 0.25) is 0 Å². The van der Waals surface area contributed by atoms with E-state index in [1.807, 2.05) is 0 Å². The second-order valence-electron chi connectivity index (χ2n) is 8.43. The fourth-order valence-corrected chi connectivity index (χ4v) is 4.03. The summed E-state index contributed by atoms with van der Waals surface area (Å²) in [6.45, 7) is 6.71. The number of H-pyrrole nitrogens is 1. The molecule has 0 saturated heterocycles. The zero-order valence-electron chi connectivity index (χ0n) is 16.2. The van der Waals surface area contributed by atoms with Gasteiger partial charge in [-0.25, -0.2) is 14.5 Å². The predicted octanol–water partition coefficient (Wildman–Crippen LogP) is 2.78. The molecule has 1 aliphatic rings. The van der Waals surface area contributed by atoms with E-state index in [9.17, 15) is 9.59 Å². The Morgan fingerprint density at radius 2 is 2.00 bits per heavy atom. The molecular formula is C19H24N6O3. The van der Waals surface area contributed by atoms with Crippen molar-refractivity contribution in [2.45, 2.75) is 52.5 Å². The van der Waals surface area contributed by atoms with Crippen LogP contribution in [0.4, 0.5) is 0 Å². The highest BCUT2D eigenvalue weighted by Gasteiger charge is 2.31. The van der Waals surface area contributed by atoms with Gasteiger partial charge < -0.3 is 5.11 Å². The van der Waals surface area contributed by atoms with Gasteiger partial charge in [-0.2, -0.15) is 10.2 Å². The van der Waals surface area contributed by atoms with Crippen LogP contribution in [0, 0.1) is 11.3 Å². The lowest BCUT2D eigenvalue weighted by molar-refractivity contribution is 0.0697. The predicted molar refractivity (Wildman–Crippen MR) is 103 cm³/mol. The van der Waals surface area contributed by atoms with Crippen molar-refractivity contribution in [3.8, 4) is 5.95 Å². The largest absolute Gasteiger partial charge is 0.478 e. The molecular weight excluding hydrogens is 360 g/mol. The van der Waals surface area contributed by atoms with Gasteiger partial charge in [-0.1, -0.05) is 13.8 Å². The molecule has 148 valence electrons. The van der Waals surface area contributed by atoms with E-state index in [-0.39, 0.29) is 23.1 Å². The summed E-state index contributed by atoms with van der Waals surface area (Å²) in [5.74, 6) is -0.456. The number of aromatic nitrogens is 6. The molecule has 0 aromatic carbocycles. The van der Waals surface area contributed by atoms with Crippen LogP contribution >= 0.6 is 0 Å². The Hall–Kier alpha value is -2.97. The van der Waals surface area contributed by atoms with E-state index in [2.05, 4.69) is 40.9 Å². The maximum Gasteiger partial charge on any atom is 0.338 e. The van der Waals surface area contributed by atoms with Crippen LogP contribution in [0.5, 0.6) is 0 Å². The Balaban J connectivity index is 1.67. The Morgan fingerprint density at radius 1 is 1.29 bits per heavy atom. The molecule has 9 nitrogen and oxygen atoms in total. The Kier molecular flexibility index (Phi) is 4.32. The lowest BCUT2D eigenvalue weighted by Crippen LogP contribution is -2.28. The van der Waals surface area contributed by atoms with E-state index in [0.717, 1.165) is 12.8 Å². The minimum absolute atomic E-state index is 0.0206. The van der Waals surface area contributed by atoms with Crippen LogP contribution in [-0.2, 0) is 0 Å². The third kappa shape index (κ3) is 3.21. The van der Waals surface area contributed by atoms with Crippen LogP contribution in [0.25, 0.3) is 17.0 Å². The van der Waals surface area contributed by atoms with Gasteiger partial charge in [0.15, 0.2) is 5.52 Å². The fourth-order valence-electron chi connectivity index (χ4n) is 4.03. The Morgan fingerprint density at radius 3 is 2.64 bits per heavy atom. The number of carboxylic acid groups (broad SMARTS) is 1. The Bertz CT molecular complexity index is 1080. The molecule has 0 amide bonds. The minimum atomic E-state index is -1.09. The molecule has 3 aromatic rings. The van der Waals surface area contributed by atoms with Crippen molar-refractivity contribution in [3.05, 3.63) is 34.5 Å². The molecule has 0 radical (unpaired) electrons. The van der Waals surface area contributed by atoms with E-state index in [4.69, 9.17) is 5.11 Å². The molecule has 3 aromatic heterocycles. The molecule has 0 aliphatic heterocycles. The molecule has 28 heavy (non-hydrogen) atoms. The summed E-state index contributed by atoms with van der Waals surface area (Å²) in [4.78, 5) is 30.9. The Labute approximate surface area is 161 Å². The number of carbonyl (C=O) groups is 1. The van der Waals surface area contributed by atoms with Crippen LogP contribution in [0.3, 0.4) is 0 Å². The van der Waals surface area contributed by atoms with Gasteiger partial charge in [0.1, 0.15) is 5.52 Å². The van der Waals surface area contributed by atoms with E-state index < -0.39 is 5.97 Å². The molecule has 0 unspecified atom stereocenters. The van der Waals surface area contributed by atoms with E-state index in [1.165, 1.54) is 29.9 Å². The second kappa shape index (κ2) is 6.57. The number of nitrogens with one attached hydrogen (secondary N) is 1. The highest BCUT2D eigenvalue weighted by atomic mass is 16.4. The maximum atomic E-state index is 12.8. The topological polar surface area (TPSA) is 119 Å². The SMILES string of the molecule is C[C@H](C1CCC(C)(C)CC1)n1ncc2nc(-n3cc(C(=O)O)cn3)[nH]c(=O)c21. The average Bonchev–Trinajstić information content (AvgIpc) is 3.28. The summed E-state index contributed by atoms with van der Waals surface area (Å²) in [6.07, 6.45) is 8.68. The summed E-state index contributed by atoms with van der Waals surface area (Å²) < 4.78 is 3.02. The summed E-state index contributed by atoms with van der Waals surface area (Å²) in [5.41, 5.74) is 0.996. The lowest BCUT2D eigenvalue weighted by atomic mass is 9.71. The van der Waals surface area contributed by atoms with Gasteiger partial charge in [-0.3, -0.25) is 14.5 Å². The van der Waals surface area contributed by atoms with E-state index >= 15 is 0 Å². The molecule has 1 atom stereocenters. The van der Waals surface area contributed by atoms with E-state index in [0.29, 0.717) is 22.4 Å². The third-order valence-electron chi connectivity index (χ3n) is 5.94. The van der Waals surface area contributed by atoms with Crippen LogP contribution in [0.15, 0.2) is 23.4 Å². The smallest absolute Gasteiger partial charge is 0.338 e. The standard InChI is InChI=1S/C19H24N6O3/c1-11(12-4-6-19(2,3)7-5-12)25-15-14(9-21-25)22-18(23-16(15)26)24-10-13(8-20-24)17(27)28/h8-12H,4-7H2,1-3H3,(H,27,28)(H,22,23,26)/t11-/m1/s1. The van der Waals surface area contributed by atoms with Crippen LogP contribution in [-0.4, -0.2) is 40.6 Å². The molecule has 2 N–H and O–H groups in total. The summed E-state index contributed by atoms with van der Waals surface area (Å²) in [5, 5.41) is 17.4. The summed E-state index contributed by atoms with van der Waals surface area (Å²) in [6, 6.07) is 0.102. The molecule has 4 rings (SSSR count). The van der Waals surface area contributed by atoms with Crippen molar-refractivity contribution in [3.63, 3.8) is 0 Å². The summed E-state index contributed by atoms with van der Waals surface area (Å²) >= 11 is 0.